The zero-order valence-electron chi connectivity index (χ0n) is 16.4. The molecule has 6 heteroatoms. The van der Waals surface area contributed by atoms with Gasteiger partial charge in [-0.15, -0.1) is 0 Å². The van der Waals surface area contributed by atoms with Crippen molar-refractivity contribution in [2.24, 2.45) is 0 Å². The summed E-state index contributed by atoms with van der Waals surface area (Å²) in [5, 5.41) is 0.755. The predicted molar refractivity (Wildman–Crippen MR) is 108 cm³/mol. The minimum absolute atomic E-state index is 0.115. The fourth-order valence-electron chi connectivity index (χ4n) is 3.07. The Morgan fingerprint density at radius 2 is 1.83 bits per heavy atom. The molecule has 29 heavy (non-hydrogen) atoms. The highest BCUT2D eigenvalue weighted by Gasteiger charge is 2.14. The molecule has 0 bridgehead atoms. The number of fused-ring (bicyclic) bond motifs is 1. The van der Waals surface area contributed by atoms with Gasteiger partial charge in [-0.2, -0.15) is 0 Å². The number of ketones is 1. The third-order valence-corrected chi connectivity index (χ3v) is 4.61. The normalized spacial score (nSPS) is 10.7. The van der Waals surface area contributed by atoms with Crippen LogP contribution in [0.2, 0.25) is 0 Å². The second-order valence-electron chi connectivity index (χ2n) is 6.53. The van der Waals surface area contributed by atoms with Gasteiger partial charge in [0.05, 0.1) is 6.61 Å². The molecule has 0 aliphatic carbocycles. The minimum atomic E-state index is -0.489. The molecule has 1 heterocycles. The van der Waals surface area contributed by atoms with Gasteiger partial charge in [-0.1, -0.05) is 30.3 Å². The van der Waals surface area contributed by atoms with Crippen LogP contribution in [0.15, 0.2) is 57.7 Å². The summed E-state index contributed by atoms with van der Waals surface area (Å²) in [6, 6.07) is 14.0. The van der Waals surface area contributed by atoms with Gasteiger partial charge in [-0.05, 0) is 38.0 Å². The third-order valence-electron chi connectivity index (χ3n) is 4.61. The van der Waals surface area contributed by atoms with Crippen molar-refractivity contribution in [3.05, 3.63) is 75.6 Å². The SMILES string of the molecule is CCOC(=O)CCc1c(C)c2ccc(OCC(=O)c3ccccc3)cc2oc1=O. The zero-order valence-corrected chi connectivity index (χ0v) is 16.4. The van der Waals surface area contributed by atoms with Crippen molar-refractivity contribution in [1.82, 2.24) is 0 Å². The van der Waals surface area contributed by atoms with Crippen molar-refractivity contribution in [2.45, 2.75) is 26.7 Å². The molecule has 3 aromatic rings. The van der Waals surface area contributed by atoms with E-state index >= 15 is 0 Å². The molecule has 1 aromatic heterocycles. The van der Waals surface area contributed by atoms with Crippen LogP contribution >= 0.6 is 0 Å². The molecular weight excluding hydrogens is 372 g/mol. The van der Waals surface area contributed by atoms with Gasteiger partial charge < -0.3 is 13.9 Å². The topological polar surface area (TPSA) is 82.8 Å². The number of rotatable bonds is 8. The van der Waals surface area contributed by atoms with Gasteiger partial charge in [0.2, 0.25) is 0 Å². The Balaban J connectivity index is 1.76. The molecule has 0 atom stereocenters. The van der Waals surface area contributed by atoms with Crippen LogP contribution in [-0.2, 0) is 16.0 Å². The van der Waals surface area contributed by atoms with Gasteiger partial charge in [-0.25, -0.2) is 4.79 Å². The zero-order chi connectivity index (χ0) is 20.8. The Kier molecular flexibility index (Phi) is 6.44. The number of aryl methyl sites for hydroxylation is 1. The maximum atomic E-state index is 12.4. The molecule has 0 N–H and O–H groups in total. The summed E-state index contributed by atoms with van der Waals surface area (Å²) in [6.07, 6.45) is 0.376. The highest BCUT2D eigenvalue weighted by Crippen LogP contribution is 2.25. The predicted octanol–water partition coefficient (Wildman–Crippen LogP) is 3.86. The van der Waals surface area contributed by atoms with Crippen LogP contribution < -0.4 is 10.4 Å². The van der Waals surface area contributed by atoms with E-state index in [0.717, 1.165) is 10.9 Å². The van der Waals surface area contributed by atoms with Crippen LogP contribution in [0, 0.1) is 6.92 Å². The standard InChI is InChI=1S/C23H22O6/c1-3-27-22(25)12-11-19-15(2)18-10-9-17(13-21(18)29-23(19)26)28-14-20(24)16-7-5-4-6-8-16/h4-10,13H,3,11-12,14H2,1-2H3. The van der Waals surface area contributed by atoms with E-state index in [4.69, 9.17) is 13.9 Å². The lowest BCUT2D eigenvalue weighted by Crippen LogP contribution is -2.14. The van der Waals surface area contributed by atoms with E-state index in [1.54, 1.807) is 49.4 Å². The number of hydrogen-bond acceptors (Lipinski definition) is 6. The highest BCUT2D eigenvalue weighted by molar-refractivity contribution is 5.97. The molecule has 0 spiro atoms. The van der Waals surface area contributed by atoms with E-state index in [1.165, 1.54) is 0 Å². The average Bonchev–Trinajstić information content (AvgIpc) is 2.72. The van der Waals surface area contributed by atoms with E-state index in [9.17, 15) is 14.4 Å². The van der Waals surface area contributed by atoms with Crippen molar-refractivity contribution in [1.29, 1.82) is 0 Å². The number of benzene rings is 2. The fraction of sp³-hybridized carbons (Fsp3) is 0.261. The number of Topliss-reactive ketones (excluding diaryl/α,β-unsaturated/α-hetero) is 1. The summed E-state index contributed by atoms with van der Waals surface area (Å²) in [5.74, 6) is -0.0560. The maximum Gasteiger partial charge on any atom is 0.339 e. The molecule has 0 saturated carbocycles. The Morgan fingerprint density at radius 1 is 1.07 bits per heavy atom. The van der Waals surface area contributed by atoms with E-state index in [-0.39, 0.29) is 31.2 Å². The van der Waals surface area contributed by atoms with Crippen LogP contribution in [0.5, 0.6) is 5.75 Å². The number of ether oxygens (including phenoxy) is 2. The summed E-state index contributed by atoms with van der Waals surface area (Å²) >= 11 is 0. The monoisotopic (exact) mass is 394 g/mol. The van der Waals surface area contributed by atoms with Crippen LogP contribution in [0.4, 0.5) is 0 Å². The van der Waals surface area contributed by atoms with Crippen LogP contribution in [-0.4, -0.2) is 25.0 Å². The second-order valence-corrected chi connectivity index (χ2v) is 6.53. The Bertz CT molecular complexity index is 1080. The summed E-state index contributed by atoms with van der Waals surface area (Å²) in [4.78, 5) is 36.1. The summed E-state index contributed by atoms with van der Waals surface area (Å²) < 4.78 is 15.9. The number of hydrogen-bond donors (Lipinski definition) is 0. The van der Waals surface area contributed by atoms with Crippen LogP contribution in [0.25, 0.3) is 11.0 Å². The molecule has 2 aromatic carbocycles. The molecule has 0 amide bonds. The highest BCUT2D eigenvalue weighted by atomic mass is 16.5. The van der Waals surface area contributed by atoms with Gasteiger partial charge in [0.15, 0.2) is 12.4 Å². The van der Waals surface area contributed by atoms with Crippen LogP contribution in [0.1, 0.15) is 34.8 Å². The lowest BCUT2D eigenvalue weighted by molar-refractivity contribution is -0.143. The fourth-order valence-corrected chi connectivity index (χ4v) is 3.07. The number of esters is 1. The third kappa shape index (κ3) is 4.90. The lowest BCUT2D eigenvalue weighted by Gasteiger charge is -2.10. The molecule has 0 unspecified atom stereocenters. The number of carbonyl (C=O) groups excluding carboxylic acids is 2. The number of carbonyl (C=O) groups is 2. The first-order valence-corrected chi connectivity index (χ1v) is 9.42. The van der Waals surface area contributed by atoms with Crippen molar-refractivity contribution in [3.63, 3.8) is 0 Å². The van der Waals surface area contributed by atoms with Crippen LogP contribution in [0.3, 0.4) is 0 Å². The second kappa shape index (κ2) is 9.19. The maximum absolute atomic E-state index is 12.4. The van der Waals surface area contributed by atoms with Crippen molar-refractivity contribution >= 4 is 22.7 Å². The van der Waals surface area contributed by atoms with E-state index < -0.39 is 5.63 Å². The first kappa shape index (κ1) is 20.3. The van der Waals surface area contributed by atoms with E-state index in [0.29, 0.717) is 29.1 Å². The van der Waals surface area contributed by atoms with Gasteiger partial charge in [-0.3, -0.25) is 9.59 Å². The van der Waals surface area contributed by atoms with Gasteiger partial charge in [0.1, 0.15) is 11.3 Å². The minimum Gasteiger partial charge on any atom is -0.485 e. The smallest absolute Gasteiger partial charge is 0.339 e. The first-order chi connectivity index (χ1) is 14.0. The van der Waals surface area contributed by atoms with Gasteiger partial charge in [0.25, 0.3) is 0 Å². The lowest BCUT2D eigenvalue weighted by atomic mass is 10.0. The van der Waals surface area contributed by atoms with Gasteiger partial charge in [0, 0.05) is 29.0 Å². The van der Waals surface area contributed by atoms with Gasteiger partial charge >= 0.3 is 11.6 Å². The Labute approximate surface area is 168 Å². The molecule has 150 valence electrons. The molecule has 0 aliphatic rings. The summed E-state index contributed by atoms with van der Waals surface area (Å²) in [7, 11) is 0. The van der Waals surface area contributed by atoms with E-state index in [2.05, 4.69) is 0 Å². The molecule has 0 aliphatic heterocycles. The summed E-state index contributed by atoms with van der Waals surface area (Å²) in [6.45, 7) is 3.75. The Hall–Kier alpha value is -3.41. The van der Waals surface area contributed by atoms with Crippen molar-refractivity contribution in [2.75, 3.05) is 13.2 Å². The molecule has 0 saturated heterocycles. The quantitative estimate of drug-likeness (QED) is 0.328. The Morgan fingerprint density at radius 3 is 2.55 bits per heavy atom. The molecule has 6 nitrogen and oxygen atoms in total. The largest absolute Gasteiger partial charge is 0.485 e. The first-order valence-electron chi connectivity index (χ1n) is 9.42. The molecule has 0 radical (unpaired) electrons. The average molecular weight is 394 g/mol. The summed E-state index contributed by atoms with van der Waals surface area (Å²) in [5.41, 5.74) is 1.67. The molecular formula is C23H22O6. The van der Waals surface area contributed by atoms with E-state index in [1.807, 2.05) is 13.0 Å². The molecule has 0 fully saturated rings. The van der Waals surface area contributed by atoms with Crippen molar-refractivity contribution < 1.29 is 23.5 Å². The van der Waals surface area contributed by atoms with Crippen molar-refractivity contribution in [3.8, 4) is 5.75 Å². The molecule has 3 rings (SSSR count).